The summed E-state index contributed by atoms with van der Waals surface area (Å²) in [5.41, 5.74) is 16.3. The first-order valence-corrected chi connectivity index (χ1v) is 19.7. The van der Waals surface area contributed by atoms with Crippen molar-refractivity contribution in [3.8, 4) is 27.9 Å². The maximum absolute atomic E-state index is 2.47. The zero-order valence-electron chi connectivity index (χ0n) is 31.3. The van der Waals surface area contributed by atoms with E-state index in [0.717, 1.165) is 22.7 Å². The number of fused-ring (bicyclic) bond motifs is 6. The van der Waals surface area contributed by atoms with Crippen LogP contribution in [0.25, 0.3) is 49.7 Å². The number of rotatable bonds is 7. The molecule has 0 spiro atoms. The first-order chi connectivity index (χ1) is 28.3. The summed E-state index contributed by atoms with van der Waals surface area (Å²) in [4.78, 5) is 2.43. The highest BCUT2D eigenvalue weighted by Crippen LogP contribution is 2.58. The van der Waals surface area contributed by atoms with Gasteiger partial charge in [0.2, 0.25) is 0 Å². The SMILES string of the molecule is c1ccc(-c2ccccc2C2(c3ccccc3)c3ccccc3-c3ccc(N(c4ccccc4)c4ccc5c6ccccc6n(-c6ccccc6)c5c4)cc32)cc1. The monoisotopic (exact) mass is 726 g/mol. The fourth-order valence-corrected chi connectivity index (χ4v) is 9.51. The minimum Gasteiger partial charge on any atom is -0.310 e. The van der Waals surface area contributed by atoms with Gasteiger partial charge in [-0.3, -0.25) is 0 Å². The average Bonchev–Trinajstić information content (AvgIpc) is 3.78. The predicted molar refractivity (Wildman–Crippen MR) is 238 cm³/mol. The van der Waals surface area contributed by atoms with Gasteiger partial charge in [0.05, 0.1) is 16.4 Å². The van der Waals surface area contributed by atoms with E-state index in [-0.39, 0.29) is 0 Å². The van der Waals surface area contributed by atoms with Crippen molar-refractivity contribution in [1.29, 1.82) is 0 Å². The Bertz CT molecular complexity index is 3060. The summed E-state index contributed by atoms with van der Waals surface area (Å²) >= 11 is 0. The summed E-state index contributed by atoms with van der Waals surface area (Å²) < 4.78 is 2.40. The van der Waals surface area contributed by atoms with Crippen molar-refractivity contribution < 1.29 is 0 Å². The molecule has 0 saturated heterocycles. The molecule has 2 heteroatoms. The van der Waals surface area contributed by atoms with E-state index < -0.39 is 5.41 Å². The van der Waals surface area contributed by atoms with Crippen molar-refractivity contribution >= 4 is 38.9 Å². The Morgan fingerprint density at radius 3 is 1.61 bits per heavy atom. The minimum atomic E-state index is -0.582. The highest BCUT2D eigenvalue weighted by atomic mass is 15.1. The molecule has 1 atom stereocenters. The fourth-order valence-electron chi connectivity index (χ4n) is 9.51. The van der Waals surface area contributed by atoms with Crippen LogP contribution in [0.3, 0.4) is 0 Å². The van der Waals surface area contributed by atoms with Gasteiger partial charge in [0.25, 0.3) is 0 Å². The standard InChI is InChI=1S/C55H38N2/c1-5-19-39(20-6-1)45-27-13-16-30-50(45)55(40-21-7-2-8-22-40)51-31-17-14-28-46(51)47-35-33-43(37-52(47)55)56(41-23-9-3-10-24-41)44-34-36-49-48-29-15-18-32-53(48)57(54(49)38-44)42-25-11-4-12-26-42/h1-38H. The van der Waals surface area contributed by atoms with Gasteiger partial charge >= 0.3 is 0 Å². The van der Waals surface area contributed by atoms with E-state index in [2.05, 4.69) is 240 Å². The lowest BCUT2D eigenvalue weighted by Crippen LogP contribution is -2.29. The Labute approximate surface area is 333 Å². The Morgan fingerprint density at radius 1 is 0.333 bits per heavy atom. The molecule has 0 fully saturated rings. The topological polar surface area (TPSA) is 8.17 Å². The second-order valence-electron chi connectivity index (χ2n) is 14.9. The van der Waals surface area contributed by atoms with Crippen LogP contribution in [0.4, 0.5) is 17.1 Å². The van der Waals surface area contributed by atoms with Crippen LogP contribution in [-0.4, -0.2) is 4.57 Å². The lowest BCUT2D eigenvalue weighted by molar-refractivity contribution is 0.770. The van der Waals surface area contributed by atoms with Crippen LogP contribution in [0.5, 0.6) is 0 Å². The second-order valence-corrected chi connectivity index (χ2v) is 14.9. The first-order valence-electron chi connectivity index (χ1n) is 19.7. The molecular formula is C55H38N2. The number of para-hydroxylation sites is 3. The molecule has 2 nitrogen and oxygen atoms in total. The van der Waals surface area contributed by atoms with E-state index in [1.807, 2.05) is 0 Å². The number of nitrogens with zero attached hydrogens (tertiary/aromatic N) is 2. The molecule has 10 aromatic rings. The normalized spacial score (nSPS) is 14.4. The number of hydrogen-bond acceptors (Lipinski definition) is 1. The van der Waals surface area contributed by atoms with Crippen LogP contribution in [-0.2, 0) is 5.41 Å². The molecule has 0 aliphatic heterocycles. The number of benzene rings is 9. The van der Waals surface area contributed by atoms with Crippen molar-refractivity contribution in [3.63, 3.8) is 0 Å². The van der Waals surface area contributed by atoms with Crippen molar-refractivity contribution in [3.05, 3.63) is 253 Å². The van der Waals surface area contributed by atoms with Crippen molar-refractivity contribution in [1.82, 2.24) is 4.57 Å². The molecule has 0 amide bonds. The Balaban J connectivity index is 1.20. The molecule has 0 radical (unpaired) electrons. The Hall–Kier alpha value is -7.42. The fraction of sp³-hybridized carbons (Fsp3) is 0.0182. The maximum Gasteiger partial charge on any atom is 0.0720 e. The van der Waals surface area contributed by atoms with Crippen molar-refractivity contribution in [2.24, 2.45) is 0 Å². The summed E-state index contributed by atoms with van der Waals surface area (Å²) in [6.45, 7) is 0. The van der Waals surface area contributed by atoms with Crippen LogP contribution in [0, 0.1) is 0 Å². The van der Waals surface area contributed by atoms with Crippen LogP contribution < -0.4 is 4.90 Å². The molecule has 0 saturated carbocycles. The molecule has 0 bridgehead atoms. The van der Waals surface area contributed by atoms with E-state index in [0.29, 0.717) is 0 Å². The first kappa shape index (κ1) is 33.0. The number of aromatic nitrogens is 1. The smallest absolute Gasteiger partial charge is 0.0720 e. The molecule has 1 aromatic heterocycles. The maximum atomic E-state index is 2.47. The molecule has 57 heavy (non-hydrogen) atoms. The Morgan fingerprint density at radius 2 is 0.860 bits per heavy atom. The van der Waals surface area contributed by atoms with Crippen LogP contribution >= 0.6 is 0 Å². The molecular weight excluding hydrogens is 689 g/mol. The van der Waals surface area contributed by atoms with Gasteiger partial charge in [-0.1, -0.05) is 176 Å². The molecule has 0 N–H and O–H groups in total. The quantitative estimate of drug-likeness (QED) is 0.159. The van der Waals surface area contributed by atoms with Crippen molar-refractivity contribution in [2.45, 2.75) is 5.41 Å². The molecule has 1 heterocycles. The van der Waals surface area contributed by atoms with E-state index in [9.17, 15) is 0 Å². The second kappa shape index (κ2) is 13.4. The third kappa shape index (κ3) is 5.11. The minimum absolute atomic E-state index is 0.582. The lowest BCUT2D eigenvalue weighted by atomic mass is 9.66. The largest absolute Gasteiger partial charge is 0.310 e. The van der Waals surface area contributed by atoms with Gasteiger partial charge in [0.15, 0.2) is 0 Å². The average molecular weight is 727 g/mol. The molecule has 11 rings (SSSR count). The summed E-state index contributed by atoms with van der Waals surface area (Å²) in [5, 5.41) is 2.48. The van der Waals surface area contributed by atoms with E-state index in [1.54, 1.807) is 0 Å². The predicted octanol–water partition coefficient (Wildman–Crippen LogP) is 14.3. The summed E-state index contributed by atoms with van der Waals surface area (Å²) in [6.07, 6.45) is 0. The zero-order chi connectivity index (χ0) is 37.8. The molecule has 1 aliphatic rings. The molecule has 9 aromatic carbocycles. The molecule has 1 unspecified atom stereocenters. The van der Waals surface area contributed by atoms with Gasteiger partial charge < -0.3 is 9.47 Å². The van der Waals surface area contributed by atoms with Gasteiger partial charge in [0.1, 0.15) is 0 Å². The van der Waals surface area contributed by atoms with Gasteiger partial charge in [-0.25, -0.2) is 0 Å². The van der Waals surface area contributed by atoms with E-state index in [4.69, 9.17) is 0 Å². The lowest BCUT2D eigenvalue weighted by Gasteiger charge is -2.36. The number of hydrogen-bond donors (Lipinski definition) is 0. The third-order valence-corrected chi connectivity index (χ3v) is 11.9. The van der Waals surface area contributed by atoms with Gasteiger partial charge in [-0.2, -0.15) is 0 Å². The van der Waals surface area contributed by atoms with E-state index >= 15 is 0 Å². The highest BCUT2D eigenvalue weighted by Gasteiger charge is 2.47. The van der Waals surface area contributed by atoms with Gasteiger partial charge in [0, 0.05) is 33.5 Å². The third-order valence-electron chi connectivity index (χ3n) is 11.9. The van der Waals surface area contributed by atoms with E-state index in [1.165, 1.54) is 66.3 Å². The van der Waals surface area contributed by atoms with Crippen LogP contribution in [0.2, 0.25) is 0 Å². The molecule has 268 valence electrons. The number of anilines is 3. The van der Waals surface area contributed by atoms with Crippen LogP contribution in [0.15, 0.2) is 231 Å². The molecule has 1 aliphatic carbocycles. The van der Waals surface area contributed by atoms with Crippen molar-refractivity contribution in [2.75, 3.05) is 4.90 Å². The van der Waals surface area contributed by atoms with Gasteiger partial charge in [-0.05, 0) is 99.1 Å². The Kier molecular flexibility index (Phi) is 7.75. The van der Waals surface area contributed by atoms with Gasteiger partial charge in [-0.15, -0.1) is 0 Å². The summed E-state index contributed by atoms with van der Waals surface area (Å²) in [6, 6.07) is 84.3. The summed E-state index contributed by atoms with van der Waals surface area (Å²) in [7, 11) is 0. The van der Waals surface area contributed by atoms with Crippen LogP contribution in [0.1, 0.15) is 22.3 Å². The zero-order valence-corrected chi connectivity index (χ0v) is 31.3. The highest BCUT2D eigenvalue weighted by molar-refractivity contribution is 6.10. The summed E-state index contributed by atoms with van der Waals surface area (Å²) in [5.74, 6) is 0.